The van der Waals surface area contributed by atoms with Crippen molar-refractivity contribution in [2.24, 2.45) is 7.05 Å². The number of hydrogen-bond acceptors (Lipinski definition) is 4. The van der Waals surface area contributed by atoms with E-state index in [2.05, 4.69) is 9.71 Å². The highest BCUT2D eigenvalue weighted by molar-refractivity contribution is 7.89. The number of rotatable bonds is 5. The van der Waals surface area contributed by atoms with Crippen molar-refractivity contribution in [3.8, 4) is 0 Å². The Hall–Kier alpha value is -1.41. The quantitative estimate of drug-likeness (QED) is 0.853. The SMILES string of the molecule is Cc1nc(S(=O)(=O)NCC(C)N2CCCCC2=O)cn1C. The van der Waals surface area contributed by atoms with Crippen LogP contribution >= 0.6 is 0 Å². The van der Waals surface area contributed by atoms with E-state index in [9.17, 15) is 13.2 Å². The summed E-state index contributed by atoms with van der Waals surface area (Å²) in [4.78, 5) is 17.6. The van der Waals surface area contributed by atoms with Crippen LogP contribution < -0.4 is 4.72 Å². The predicted octanol–water partition coefficient (Wildman–Crippen LogP) is 0.408. The number of sulfonamides is 1. The maximum atomic E-state index is 12.2. The predicted molar refractivity (Wildman–Crippen MR) is 78.2 cm³/mol. The lowest BCUT2D eigenvalue weighted by molar-refractivity contribution is -0.135. The van der Waals surface area contributed by atoms with Crippen LogP contribution in [0.2, 0.25) is 0 Å². The van der Waals surface area contributed by atoms with Gasteiger partial charge in [-0.05, 0) is 26.7 Å². The van der Waals surface area contributed by atoms with E-state index in [0.29, 0.717) is 18.8 Å². The van der Waals surface area contributed by atoms with Crippen LogP contribution in [-0.4, -0.2) is 47.9 Å². The van der Waals surface area contributed by atoms with Crippen molar-refractivity contribution < 1.29 is 13.2 Å². The molecular weight excluding hydrogens is 292 g/mol. The zero-order chi connectivity index (χ0) is 15.6. The van der Waals surface area contributed by atoms with Crippen LogP contribution in [0.5, 0.6) is 0 Å². The molecule has 0 spiro atoms. The Balaban J connectivity index is 1.99. The topological polar surface area (TPSA) is 84.3 Å². The zero-order valence-electron chi connectivity index (χ0n) is 12.7. The van der Waals surface area contributed by atoms with Gasteiger partial charge in [0.05, 0.1) is 0 Å². The van der Waals surface area contributed by atoms with E-state index in [1.165, 1.54) is 6.20 Å². The molecule has 7 nitrogen and oxygen atoms in total. The number of carbonyl (C=O) groups is 1. The molecule has 2 heterocycles. The number of nitrogens with zero attached hydrogens (tertiary/aromatic N) is 3. The van der Waals surface area contributed by atoms with Gasteiger partial charge in [-0.2, -0.15) is 0 Å². The molecule has 1 aliphatic rings. The number of hydrogen-bond donors (Lipinski definition) is 1. The number of carbonyl (C=O) groups excluding carboxylic acids is 1. The van der Waals surface area contributed by atoms with Crippen LogP contribution in [0, 0.1) is 6.92 Å². The molecule has 0 radical (unpaired) electrons. The van der Waals surface area contributed by atoms with E-state index in [1.807, 2.05) is 6.92 Å². The lowest BCUT2D eigenvalue weighted by atomic mass is 10.1. The normalized spacial score (nSPS) is 18.0. The molecule has 1 amide bonds. The maximum absolute atomic E-state index is 12.2. The van der Waals surface area contributed by atoms with Gasteiger partial charge >= 0.3 is 0 Å². The highest BCUT2D eigenvalue weighted by Gasteiger charge is 2.25. The van der Waals surface area contributed by atoms with Crippen molar-refractivity contribution in [3.63, 3.8) is 0 Å². The first-order valence-corrected chi connectivity index (χ1v) is 8.58. The summed E-state index contributed by atoms with van der Waals surface area (Å²) >= 11 is 0. The molecule has 1 aliphatic heterocycles. The smallest absolute Gasteiger partial charge is 0.259 e. The molecule has 0 saturated carbocycles. The van der Waals surface area contributed by atoms with Crippen LogP contribution in [0.1, 0.15) is 32.0 Å². The third kappa shape index (κ3) is 3.62. The number of aromatic nitrogens is 2. The summed E-state index contributed by atoms with van der Waals surface area (Å²) in [6, 6.07) is -0.155. The molecule has 1 atom stereocenters. The molecule has 118 valence electrons. The Labute approximate surface area is 125 Å². The van der Waals surface area contributed by atoms with E-state index >= 15 is 0 Å². The van der Waals surface area contributed by atoms with E-state index in [4.69, 9.17) is 0 Å². The maximum Gasteiger partial charge on any atom is 0.259 e. The summed E-state index contributed by atoms with van der Waals surface area (Å²) < 4.78 is 28.5. The fourth-order valence-corrected chi connectivity index (χ4v) is 3.52. The Morgan fingerprint density at radius 2 is 2.14 bits per heavy atom. The number of nitrogens with one attached hydrogen (secondary N) is 1. The second-order valence-electron chi connectivity index (χ2n) is 5.48. The summed E-state index contributed by atoms with van der Waals surface area (Å²) in [7, 11) is -1.89. The standard InChI is InChI=1S/C13H22N4O3S/c1-10(17-7-5-4-6-13(17)18)8-14-21(19,20)12-9-16(3)11(2)15-12/h9-10,14H,4-8H2,1-3H3. The van der Waals surface area contributed by atoms with Crippen LogP contribution in [0.15, 0.2) is 11.2 Å². The van der Waals surface area contributed by atoms with Crippen molar-refractivity contribution in [2.75, 3.05) is 13.1 Å². The largest absolute Gasteiger partial charge is 0.339 e. The molecule has 1 aromatic heterocycles. The van der Waals surface area contributed by atoms with E-state index in [-0.39, 0.29) is 23.5 Å². The van der Waals surface area contributed by atoms with Gasteiger partial charge in [0.1, 0.15) is 5.82 Å². The first-order valence-electron chi connectivity index (χ1n) is 7.10. The molecule has 8 heteroatoms. The molecule has 1 saturated heterocycles. The van der Waals surface area contributed by atoms with Gasteiger partial charge in [0.25, 0.3) is 10.0 Å². The third-order valence-electron chi connectivity index (χ3n) is 3.82. The highest BCUT2D eigenvalue weighted by Crippen LogP contribution is 2.14. The average Bonchev–Trinajstić information content (AvgIpc) is 2.77. The molecule has 1 N–H and O–H groups in total. The van der Waals surface area contributed by atoms with Gasteiger partial charge in [-0.15, -0.1) is 0 Å². The van der Waals surface area contributed by atoms with Crippen molar-refractivity contribution >= 4 is 15.9 Å². The summed E-state index contributed by atoms with van der Waals surface area (Å²) in [6.45, 7) is 4.50. The summed E-state index contributed by atoms with van der Waals surface area (Å²) in [6.07, 6.45) is 3.92. The Morgan fingerprint density at radius 3 is 2.71 bits per heavy atom. The fourth-order valence-electron chi connectivity index (χ4n) is 2.36. The fraction of sp³-hybridized carbons (Fsp3) is 0.692. The number of amides is 1. The van der Waals surface area contributed by atoms with Crippen molar-refractivity contribution in [2.45, 2.75) is 44.2 Å². The van der Waals surface area contributed by atoms with E-state index < -0.39 is 10.0 Å². The molecule has 1 unspecified atom stereocenters. The lowest BCUT2D eigenvalue weighted by Crippen LogP contribution is -2.47. The molecule has 0 aliphatic carbocycles. The highest BCUT2D eigenvalue weighted by atomic mass is 32.2. The van der Waals surface area contributed by atoms with Gasteiger partial charge in [-0.25, -0.2) is 18.1 Å². The van der Waals surface area contributed by atoms with Crippen LogP contribution in [0.4, 0.5) is 0 Å². The van der Waals surface area contributed by atoms with E-state index in [0.717, 1.165) is 12.8 Å². The van der Waals surface area contributed by atoms with Crippen molar-refractivity contribution in [1.82, 2.24) is 19.2 Å². The Kier molecular flexibility index (Phi) is 4.67. The van der Waals surface area contributed by atoms with Gasteiger partial charge in [-0.3, -0.25) is 4.79 Å². The van der Waals surface area contributed by atoms with Gasteiger partial charge in [0.2, 0.25) is 5.91 Å². The van der Waals surface area contributed by atoms with E-state index in [1.54, 1.807) is 23.4 Å². The van der Waals surface area contributed by atoms with Gasteiger partial charge in [-0.1, -0.05) is 0 Å². The van der Waals surface area contributed by atoms with Crippen LogP contribution in [-0.2, 0) is 21.9 Å². The van der Waals surface area contributed by atoms with Crippen LogP contribution in [0.3, 0.4) is 0 Å². The minimum atomic E-state index is -3.63. The molecule has 1 fully saturated rings. The van der Waals surface area contributed by atoms with Gasteiger partial charge in [0.15, 0.2) is 5.03 Å². The number of likely N-dealkylation sites (tertiary alicyclic amines) is 1. The molecule has 1 aromatic rings. The molecule has 0 bridgehead atoms. The number of aryl methyl sites for hydroxylation is 2. The molecule has 21 heavy (non-hydrogen) atoms. The lowest BCUT2D eigenvalue weighted by Gasteiger charge is -2.32. The van der Waals surface area contributed by atoms with Crippen molar-refractivity contribution in [3.05, 3.63) is 12.0 Å². The molecule has 2 rings (SSSR count). The summed E-state index contributed by atoms with van der Waals surface area (Å²) in [5.41, 5.74) is 0. The summed E-state index contributed by atoms with van der Waals surface area (Å²) in [5, 5.41) is 0.0136. The average molecular weight is 314 g/mol. The summed E-state index contributed by atoms with van der Waals surface area (Å²) in [5.74, 6) is 0.733. The zero-order valence-corrected chi connectivity index (χ0v) is 13.5. The first-order chi connectivity index (χ1) is 9.81. The van der Waals surface area contributed by atoms with Crippen molar-refractivity contribution in [1.29, 1.82) is 0 Å². The second kappa shape index (κ2) is 6.15. The molecular formula is C13H22N4O3S. The third-order valence-corrected chi connectivity index (χ3v) is 5.12. The Bertz CT molecular complexity index is 604. The van der Waals surface area contributed by atoms with Gasteiger partial charge in [0, 0.05) is 38.8 Å². The number of piperidine rings is 1. The first kappa shape index (κ1) is 16.0. The monoisotopic (exact) mass is 314 g/mol. The number of imidazole rings is 1. The molecule has 0 aromatic carbocycles. The second-order valence-corrected chi connectivity index (χ2v) is 7.20. The Morgan fingerprint density at radius 1 is 1.43 bits per heavy atom. The minimum absolute atomic E-state index is 0.0136. The van der Waals surface area contributed by atoms with Crippen LogP contribution in [0.25, 0.3) is 0 Å². The minimum Gasteiger partial charge on any atom is -0.339 e. The van der Waals surface area contributed by atoms with Gasteiger partial charge < -0.3 is 9.47 Å².